The monoisotopic (exact) mass is 638 g/mol. The van der Waals surface area contributed by atoms with E-state index in [4.69, 9.17) is 10.8 Å². The largest absolute Gasteiger partial charge is 0.481 e. The molecule has 1 fully saturated rings. The van der Waals surface area contributed by atoms with Crippen LogP contribution in [0.15, 0.2) is 0 Å². The molecule has 1 saturated carbocycles. The summed E-state index contributed by atoms with van der Waals surface area (Å²) in [7, 11) is 1.58. The van der Waals surface area contributed by atoms with Gasteiger partial charge in [0.15, 0.2) is 5.78 Å². The van der Waals surface area contributed by atoms with Gasteiger partial charge in [0.05, 0.1) is 12.6 Å². The number of unbranched alkanes of at least 4 members (excludes halogenated alkanes) is 12. The van der Waals surface area contributed by atoms with Crippen molar-refractivity contribution in [3.63, 3.8) is 0 Å². The zero-order valence-electron chi connectivity index (χ0n) is 27.4. The Morgan fingerprint density at radius 1 is 0.711 bits per heavy atom. The van der Waals surface area contributed by atoms with Gasteiger partial charge in [-0.2, -0.15) is 0 Å². The van der Waals surface area contributed by atoms with Gasteiger partial charge in [0.25, 0.3) is 0 Å². The van der Waals surface area contributed by atoms with E-state index in [9.17, 15) is 33.9 Å². The molecule has 258 valence electrons. The molecule has 0 aliphatic heterocycles. The van der Waals surface area contributed by atoms with Gasteiger partial charge >= 0.3 is 11.9 Å². The number of amides is 3. The summed E-state index contributed by atoms with van der Waals surface area (Å²) in [6.07, 6.45) is 16.4. The maximum absolute atomic E-state index is 12.3. The lowest BCUT2D eigenvalue weighted by atomic mass is 10.0. The molecule has 1 aliphatic carbocycles. The molecule has 0 aromatic carbocycles. The Balaban J connectivity index is 2.04. The molecule has 2 atom stereocenters. The van der Waals surface area contributed by atoms with Crippen molar-refractivity contribution in [3.8, 4) is 0 Å². The number of carboxylic acid groups (broad SMARTS) is 2. The molecule has 1 rings (SSSR count). The van der Waals surface area contributed by atoms with Crippen LogP contribution >= 0.6 is 0 Å². The second kappa shape index (κ2) is 24.2. The third kappa shape index (κ3) is 21.4. The zero-order chi connectivity index (χ0) is 33.5. The number of hydrogen-bond acceptors (Lipinski definition) is 7. The lowest BCUT2D eigenvalue weighted by Gasteiger charge is -2.20. The first-order valence-corrected chi connectivity index (χ1v) is 17.0. The highest BCUT2D eigenvalue weighted by Crippen LogP contribution is 2.29. The van der Waals surface area contributed by atoms with Gasteiger partial charge in [-0.15, -0.1) is 0 Å². The van der Waals surface area contributed by atoms with Crippen LogP contribution < -0.4 is 16.4 Å². The molecule has 0 bridgehead atoms. The molecule has 12 nitrogen and oxygen atoms in total. The minimum absolute atomic E-state index is 0.000525. The van der Waals surface area contributed by atoms with Gasteiger partial charge in [-0.3, -0.25) is 24.0 Å². The number of rotatable bonds is 29. The van der Waals surface area contributed by atoms with Crippen LogP contribution in [0.5, 0.6) is 0 Å². The zero-order valence-corrected chi connectivity index (χ0v) is 27.4. The predicted octanol–water partition coefficient (Wildman–Crippen LogP) is 3.93. The Bertz CT molecular complexity index is 924. The average molecular weight is 639 g/mol. The molecule has 0 spiro atoms. The number of likely N-dealkylation sites (N-methyl/N-ethyl adjacent to an activating group) is 1. The summed E-state index contributed by atoms with van der Waals surface area (Å²) in [6, 6.07) is -1.82. The highest BCUT2D eigenvalue weighted by atomic mass is 16.4. The van der Waals surface area contributed by atoms with Gasteiger partial charge in [0.1, 0.15) is 6.04 Å². The minimum atomic E-state index is -1.17. The van der Waals surface area contributed by atoms with Crippen LogP contribution in [0.4, 0.5) is 0 Å². The van der Waals surface area contributed by atoms with Gasteiger partial charge in [0.2, 0.25) is 17.7 Å². The molecule has 3 amide bonds. The highest BCUT2D eigenvalue weighted by molar-refractivity contribution is 5.90. The van der Waals surface area contributed by atoms with Crippen LogP contribution in [0.25, 0.3) is 0 Å². The number of carbonyl (C=O) groups is 6. The van der Waals surface area contributed by atoms with Gasteiger partial charge in [-0.1, -0.05) is 64.2 Å². The van der Waals surface area contributed by atoms with Crippen LogP contribution in [-0.2, 0) is 28.8 Å². The van der Waals surface area contributed by atoms with E-state index in [1.54, 1.807) is 7.05 Å². The molecule has 6 N–H and O–H groups in total. The first-order valence-electron chi connectivity index (χ1n) is 17.0. The summed E-state index contributed by atoms with van der Waals surface area (Å²) in [5, 5.41) is 23.4. The van der Waals surface area contributed by atoms with E-state index < -0.39 is 24.0 Å². The van der Waals surface area contributed by atoms with Crippen molar-refractivity contribution in [2.24, 2.45) is 11.7 Å². The van der Waals surface area contributed by atoms with Crippen molar-refractivity contribution in [1.82, 2.24) is 15.5 Å². The number of aliphatic carboxylic acids is 2. The van der Waals surface area contributed by atoms with Gasteiger partial charge in [-0.25, -0.2) is 4.79 Å². The van der Waals surface area contributed by atoms with E-state index in [0.29, 0.717) is 32.2 Å². The van der Waals surface area contributed by atoms with Gasteiger partial charge in [-0.05, 0) is 51.4 Å². The molecular formula is C33H58N4O8. The number of nitrogens with one attached hydrogen (secondary N) is 2. The number of carboxylic acids is 2. The van der Waals surface area contributed by atoms with Crippen molar-refractivity contribution >= 4 is 35.4 Å². The summed E-state index contributed by atoms with van der Waals surface area (Å²) in [4.78, 5) is 72.1. The number of nitrogens with two attached hydrogens (primary N) is 1. The van der Waals surface area contributed by atoms with Crippen molar-refractivity contribution in [2.45, 2.75) is 147 Å². The average Bonchev–Trinajstić information content (AvgIpc) is 3.84. The molecule has 1 aliphatic rings. The molecule has 45 heavy (non-hydrogen) atoms. The Morgan fingerprint density at radius 2 is 1.24 bits per heavy atom. The van der Waals surface area contributed by atoms with E-state index in [-0.39, 0.29) is 61.7 Å². The molecule has 12 heteroatoms. The Kier molecular flexibility index (Phi) is 21.6. The molecule has 0 saturated heterocycles. The summed E-state index contributed by atoms with van der Waals surface area (Å²) in [5.41, 5.74) is 5.98. The van der Waals surface area contributed by atoms with Crippen LogP contribution in [0.1, 0.15) is 135 Å². The maximum atomic E-state index is 12.3. The fourth-order valence-corrected chi connectivity index (χ4v) is 5.19. The molecule has 0 heterocycles. The van der Waals surface area contributed by atoms with E-state index >= 15 is 0 Å². The Labute approximate surface area is 268 Å². The Hall–Kier alpha value is -3.02. The van der Waals surface area contributed by atoms with Crippen LogP contribution in [0, 0.1) is 5.92 Å². The third-order valence-electron chi connectivity index (χ3n) is 8.22. The Morgan fingerprint density at radius 3 is 1.76 bits per heavy atom. The third-order valence-corrected chi connectivity index (χ3v) is 8.22. The first-order chi connectivity index (χ1) is 21.5. The fraction of sp³-hybridized carbons (Fsp3) is 0.818. The summed E-state index contributed by atoms with van der Waals surface area (Å²) in [5.74, 6) is -2.60. The lowest BCUT2D eigenvalue weighted by molar-refractivity contribution is -0.142. The lowest BCUT2D eigenvalue weighted by Crippen LogP contribution is -2.44. The first kappa shape index (κ1) is 40.0. The number of ketones is 1. The van der Waals surface area contributed by atoms with Crippen LogP contribution in [0.3, 0.4) is 0 Å². The molecule has 0 aromatic rings. The quantitative estimate of drug-likeness (QED) is 0.0754. The molecule has 0 radical (unpaired) electrons. The SMILES string of the molecule is CN(CC(=O)C1CC1)C(=O)[C@H](N)CCCCNC(=O)CC[C@H](NC(=O)CCCCCCCCCCCCCCC(=O)O)C(=O)O. The second-order valence-corrected chi connectivity index (χ2v) is 12.5. The van der Waals surface area contributed by atoms with Crippen molar-refractivity contribution in [2.75, 3.05) is 20.1 Å². The normalized spacial score (nSPS) is 13.9. The minimum Gasteiger partial charge on any atom is -0.481 e. The molecule has 0 unspecified atom stereocenters. The molecular weight excluding hydrogens is 580 g/mol. The van der Waals surface area contributed by atoms with E-state index in [0.717, 1.165) is 64.2 Å². The smallest absolute Gasteiger partial charge is 0.326 e. The van der Waals surface area contributed by atoms with Crippen molar-refractivity contribution in [1.29, 1.82) is 0 Å². The van der Waals surface area contributed by atoms with Gasteiger partial charge < -0.3 is 31.5 Å². The second-order valence-electron chi connectivity index (χ2n) is 12.5. The van der Waals surface area contributed by atoms with E-state index in [1.165, 1.54) is 24.2 Å². The number of hydrogen-bond donors (Lipinski definition) is 5. The van der Waals surface area contributed by atoms with E-state index in [1.807, 2.05) is 0 Å². The maximum Gasteiger partial charge on any atom is 0.326 e. The topological polar surface area (TPSA) is 196 Å². The van der Waals surface area contributed by atoms with Gasteiger partial charge in [0, 0.05) is 38.8 Å². The standard InChI is InChI=1S/C33H58N4O8/c1-37(24-28(38)25-19-20-25)32(43)26(34)16-14-15-23-35-29(39)22-21-27(33(44)45)36-30(40)17-12-10-8-6-4-2-3-5-7-9-11-13-18-31(41)42/h25-27H,2-24,34H2,1H3,(H,35,39)(H,36,40)(H,41,42)(H,44,45)/t26-,27+/m1/s1. The van der Waals surface area contributed by atoms with Crippen molar-refractivity contribution < 1.29 is 39.0 Å². The van der Waals surface area contributed by atoms with E-state index in [2.05, 4.69) is 10.6 Å². The summed E-state index contributed by atoms with van der Waals surface area (Å²) < 4.78 is 0. The van der Waals surface area contributed by atoms with Crippen LogP contribution in [-0.4, -0.2) is 82.8 Å². The number of nitrogens with zero attached hydrogens (tertiary/aromatic N) is 1. The van der Waals surface area contributed by atoms with Crippen molar-refractivity contribution in [3.05, 3.63) is 0 Å². The summed E-state index contributed by atoms with van der Waals surface area (Å²) in [6.45, 7) is 0.463. The molecule has 0 aromatic heterocycles. The predicted molar refractivity (Wildman–Crippen MR) is 171 cm³/mol. The number of Topliss-reactive ketones (excluding diaryl/α,β-unsaturated/α-hetero) is 1. The van der Waals surface area contributed by atoms with Crippen LogP contribution in [0.2, 0.25) is 0 Å². The fourth-order valence-electron chi connectivity index (χ4n) is 5.19. The number of carbonyl (C=O) groups excluding carboxylic acids is 4. The highest BCUT2D eigenvalue weighted by Gasteiger charge is 2.31. The summed E-state index contributed by atoms with van der Waals surface area (Å²) >= 11 is 0.